The Morgan fingerprint density at radius 3 is 1.16 bits per heavy atom. The van der Waals surface area contributed by atoms with Gasteiger partial charge in [0, 0.05) is 61.8 Å². The first-order chi connectivity index (χ1) is 43.2. The van der Waals surface area contributed by atoms with E-state index >= 15 is 0 Å². The fourth-order valence-electron chi connectivity index (χ4n) is 12.8. The van der Waals surface area contributed by atoms with E-state index in [1.807, 2.05) is 6.07 Å². The van der Waals surface area contributed by atoms with Crippen molar-refractivity contribution in [2.24, 2.45) is 0 Å². The molecule has 0 aliphatic carbocycles. The quantitative estimate of drug-likeness (QED) is 0.155. The summed E-state index contributed by atoms with van der Waals surface area (Å²) in [7, 11) is 0. The Bertz CT molecular complexity index is 4390. The fourth-order valence-corrected chi connectivity index (χ4v) is 12.8. The molecule has 0 atom stereocenters. The standard InChI is InChI=1S/C85H100BN3/c1-78(2,3)59-39-57(40-60(45-59)79(4,5)6)56-36-38-69-71(42-56)89(77-66(54-33-29-26-30-34-54)49-63(82(13,14)15)50-67(77)58-43-74(84(19,20)21)87-75(44-58)85(22,23)24)73-52-64(83(16,17)18)51-72-76(73)86(69)68-37-35-55(53-31-27-25-28-32-53)41-70(68)88(72)65-47-61(80(7,8)9)46-62(48-65)81(10,11)12/h25-52H,1-24H3/i25D,27D,28D,31D,32D. The highest BCUT2D eigenvalue weighted by atomic mass is 15.2. The van der Waals surface area contributed by atoms with Gasteiger partial charge in [0.15, 0.2) is 0 Å². The Hall–Kier alpha value is -7.43. The fraction of sp³-hybridized carbons (Fsp3) is 0.376. The van der Waals surface area contributed by atoms with Crippen LogP contribution in [-0.4, -0.2) is 11.7 Å². The van der Waals surface area contributed by atoms with Crippen LogP contribution in [0.3, 0.4) is 0 Å². The summed E-state index contributed by atoms with van der Waals surface area (Å²) in [5.74, 6) is 0. The molecular weight excluding hydrogens is 1070 g/mol. The molecule has 8 aromatic carbocycles. The number of hydrogen-bond donors (Lipinski definition) is 0. The van der Waals surface area contributed by atoms with Crippen molar-refractivity contribution in [1.29, 1.82) is 0 Å². The zero-order chi connectivity index (χ0) is 69.0. The second-order valence-electron chi connectivity index (χ2n) is 34.1. The van der Waals surface area contributed by atoms with Crippen LogP contribution >= 0.6 is 0 Å². The number of anilines is 6. The van der Waals surface area contributed by atoms with Gasteiger partial charge in [-0.15, -0.1) is 0 Å². The molecule has 0 radical (unpaired) electrons. The van der Waals surface area contributed by atoms with Gasteiger partial charge < -0.3 is 9.80 Å². The molecule has 2 aliphatic heterocycles. The molecule has 11 rings (SSSR count). The van der Waals surface area contributed by atoms with Gasteiger partial charge in [-0.25, -0.2) is 0 Å². The molecule has 89 heavy (non-hydrogen) atoms. The number of hydrogen-bond acceptors (Lipinski definition) is 3. The van der Waals surface area contributed by atoms with Gasteiger partial charge in [-0.1, -0.05) is 275 Å². The molecule has 0 saturated carbocycles. The maximum Gasteiger partial charge on any atom is 0.252 e. The molecule has 458 valence electrons. The molecule has 0 saturated heterocycles. The molecule has 1 aromatic heterocycles. The summed E-state index contributed by atoms with van der Waals surface area (Å²) in [4.78, 5) is 10.6. The normalized spacial score (nSPS) is 14.8. The van der Waals surface area contributed by atoms with Crippen LogP contribution in [0.1, 0.15) is 218 Å². The molecule has 0 spiro atoms. The van der Waals surface area contributed by atoms with Crippen LogP contribution in [0.2, 0.25) is 0 Å². The summed E-state index contributed by atoms with van der Waals surface area (Å²) in [6, 6.07) is 52.0. The van der Waals surface area contributed by atoms with E-state index in [-0.39, 0.29) is 79.8 Å². The third-order valence-electron chi connectivity index (χ3n) is 18.6. The van der Waals surface area contributed by atoms with E-state index in [0.29, 0.717) is 5.56 Å². The highest BCUT2D eigenvalue weighted by Gasteiger charge is 2.46. The average Bonchev–Trinajstić information content (AvgIpc) is 0.689. The smallest absolute Gasteiger partial charge is 0.252 e. The van der Waals surface area contributed by atoms with Crippen LogP contribution in [0.25, 0.3) is 44.5 Å². The van der Waals surface area contributed by atoms with E-state index < -0.39 is 6.04 Å². The van der Waals surface area contributed by atoms with Crippen molar-refractivity contribution in [3.8, 4) is 44.5 Å². The molecule has 3 heterocycles. The number of fused-ring (bicyclic) bond motifs is 4. The molecule has 0 bridgehead atoms. The molecule has 0 N–H and O–H groups in total. The van der Waals surface area contributed by atoms with Crippen molar-refractivity contribution < 1.29 is 6.85 Å². The van der Waals surface area contributed by atoms with Gasteiger partial charge >= 0.3 is 0 Å². The molecule has 0 fully saturated rings. The predicted molar refractivity (Wildman–Crippen MR) is 390 cm³/mol. The minimum absolute atomic E-state index is 0.128. The molecule has 0 unspecified atom stereocenters. The van der Waals surface area contributed by atoms with E-state index in [0.717, 1.165) is 101 Å². The summed E-state index contributed by atoms with van der Waals surface area (Å²) >= 11 is 0. The molecule has 4 heteroatoms. The molecular formula is C85H100BN3. The Morgan fingerprint density at radius 2 is 0.708 bits per heavy atom. The van der Waals surface area contributed by atoms with E-state index in [9.17, 15) is 2.74 Å². The van der Waals surface area contributed by atoms with Crippen LogP contribution < -0.4 is 26.2 Å². The first kappa shape index (κ1) is 56.8. The van der Waals surface area contributed by atoms with Gasteiger partial charge in [0.1, 0.15) is 0 Å². The second kappa shape index (κ2) is 21.6. The zero-order valence-electron chi connectivity index (χ0n) is 63.2. The van der Waals surface area contributed by atoms with Crippen LogP contribution in [-0.2, 0) is 43.3 Å². The van der Waals surface area contributed by atoms with Gasteiger partial charge in [-0.2, -0.15) is 0 Å². The second-order valence-corrected chi connectivity index (χ2v) is 34.1. The lowest BCUT2D eigenvalue weighted by atomic mass is 9.33. The van der Waals surface area contributed by atoms with Crippen LogP contribution in [0.4, 0.5) is 34.1 Å². The largest absolute Gasteiger partial charge is 0.311 e. The molecule has 3 nitrogen and oxygen atoms in total. The Labute approximate surface area is 544 Å². The van der Waals surface area contributed by atoms with E-state index in [2.05, 4.69) is 309 Å². The zero-order valence-corrected chi connectivity index (χ0v) is 58.2. The lowest BCUT2D eigenvalue weighted by molar-refractivity contribution is 0.531. The Balaban J connectivity index is 1.39. The van der Waals surface area contributed by atoms with Gasteiger partial charge in [0.2, 0.25) is 0 Å². The van der Waals surface area contributed by atoms with Gasteiger partial charge in [0.05, 0.1) is 12.5 Å². The number of benzene rings is 8. The lowest BCUT2D eigenvalue weighted by Crippen LogP contribution is -2.61. The van der Waals surface area contributed by atoms with Crippen LogP contribution in [0.5, 0.6) is 0 Å². The van der Waals surface area contributed by atoms with E-state index in [1.165, 1.54) is 27.8 Å². The molecule has 9 aromatic rings. The van der Waals surface area contributed by atoms with Crippen molar-refractivity contribution in [2.45, 2.75) is 209 Å². The van der Waals surface area contributed by atoms with Crippen molar-refractivity contribution in [3.05, 3.63) is 215 Å². The highest BCUT2D eigenvalue weighted by molar-refractivity contribution is 7.00. The van der Waals surface area contributed by atoms with E-state index in [4.69, 9.17) is 9.10 Å². The minimum Gasteiger partial charge on any atom is -0.311 e. The summed E-state index contributed by atoms with van der Waals surface area (Å²) in [6.07, 6.45) is 0. The maximum atomic E-state index is 9.43. The summed E-state index contributed by atoms with van der Waals surface area (Å²) in [5, 5.41) is 0. The van der Waals surface area contributed by atoms with Crippen LogP contribution in [0.15, 0.2) is 170 Å². The summed E-state index contributed by atoms with van der Waals surface area (Å²) in [5.41, 5.74) is 24.4. The van der Waals surface area contributed by atoms with Crippen LogP contribution in [0, 0.1) is 0 Å². The van der Waals surface area contributed by atoms with E-state index in [1.54, 1.807) is 0 Å². The first-order valence-corrected chi connectivity index (χ1v) is 32.5. The van der Waals surface area contributed by atoms with Crippen molar-refractivity contribution >= 4 is 57.2 Å². The third kappa shape index (κ3) is 12.1. The monoisotopic (exact) mass is 1180 g/mol. The predicted octanol–water partition coefficient (Wildman–Crippen LogP) is 22.2. The number of aromatic nitrogens is 1. The Kier molecular flexibility index (Phi) is 13.8. The Morgan fingerprint density at radius 1 is 0.315 bits per heavy atom. The van der Waals surface area contributed by atoms with Gasteiger partial charge in [-0.3, -0.25) is 4.98 Å². The summed E-state index contributed by atoms with van der Waals surface area (Å²) in [6.45, 7) is 54.9. The lowest BCUT2D eigenvalue weighted by Gasteiger charge is -2.46. The molecule has 0 amide bonds. The SMILES string of the molecule is [2H]c1c([2H])c([2H])c(-c2ccc3c(c2)N(c2cc(C(C)(C)C)cc(C(C)(C)C)c2)c2cc(C(C)(C)C)cc4c2B3c2ccc(-c3cc(C(C)(C)C)cc(C(C)(C)C)c3)cc2N4c2c(-c3ccccc3)cc(C(C)(C)C)cc2-c2cc(C(C)(C)C)nc(C(C)(C)C)c2)c([2H])c1[2H]. The first-order valence-electron chi connectivity index (χ1n) is 35.0. The van der Waals surface area contributed by atoms with Gasteiger partial charge in [-0.05, 0) is 176 Å². The number of rotatable bonds is 6. The van der Waals surface area contributed by atoms with Gasteiger partial charge in [0.25, 0.3) is 6.71 Å². The average molecular weight is 1180 g/mol. The number of pyridine rings is 1. The third-order valence-corrected chi connectivity index (χ3v) is 18.6. The van der Waals surface area contributed by atoms with Crippen molar-refractivity contribution in [3.63, 3.8) is 0 Å². The minimum atomic E-state index is -0.412. The molecule has 2 aliphatic rings. The number of nitrogens with zero attached hydrogens (tertiary/aromatic N) is 3. The summed E-state index contributed by atoms with van der Waals surface area (Å²) < 4.78 is 45.4. The van der Waals surface area contributed by atoms with Crippen molar-refractivity contribution in [2.75, 3.05) is 9.80 Å². The maximum absolute atomic E-state index is 9.43. The highest BCUT2D eigenvalue weighted by Crippen LogP contribution is 2.54. The van der Waals surface area contributed by atoms with Crippen molar-refractivity contribution in [1.82, 2.24) is 4.98 Å². The topological polar surface area (TPSA) is 19.4 Å².